The van der Waals surface area contributed by atoms with Crippen LogP contribution in [0.4, 0.5) is 0 Å². The Morgan fingerprint density at radius 3 is 2.61 bits per heavy atom. The van der Waals surface area contributed by atoms with Gasteiger partial charge < -0.3 is 14.2 Å². The first-order valence-corrected chi connectivity index (χ1v) is 11.0. The minimum Gasteiger partial charge on any atom is -0.497 e. The monoisotopic (exact) mass is 402 g/mol. The molecule has 0 spiro atoms. The van der Waals surface area contributed by atoms with Crippen molar-refractivity contribution in [1.82, 2.24) is 19.7 Å². The van der Waals surface area contributed by atoms with Gasteiger partial charge in [-0.25, -0.2) is 0 Å². The topological polar surface area (TPSA) is 60.2 Å². The maximum Gasteiger partial charge on any atom is 0.233 e. The number of aryl methyl sites for hydroxylation is 1. The van der Waals surface area contributed by atoms with Crippen LogP contribution in [-0.4, -0.2) is 51.5 Å². The molecule has 1 aromatic carbocycles. The fourth-order valence-electron chi connectivity index (χ4n) is 3.54. The van der Waals surface area contributed by atoms with Crippen LogP contribution in [0.5, 0.6) is 5.75 Å². The number of carbonyl (C=O) groups is 1. The summed E-state index contributed by atoms with van der Waals surface area (Å²) >= 11 is 1.48. The van der Waals surface area contributed by atoms with E-state index in [4.69, 9.17) is 4.74 Å². The second kappa shape index (κ2) is 9.96. The van der Waals surface area contributed by atoms with Gasteiger partial charge in [0, 0.05) is 19.1 Å². The number of thioether (sulfide) groups is 1. The van der Waals surface area contributed by atoms with Crippen LogP contribution in [0, 0.1) is 5.92 Å². The molecule has 0 bridgehead atoms. The lowest BCUT2D eigenvalue weighted by atomic mass is 9.90. The molecule has 0 atom stereocenters. The number of carbonyl (C=O) groups excluding carboxylic acids is 1. The Balaban J connectivity index is 1.39. The third-order valence-corrected chi connectivity index (χ3v) is 6.33. The van der Waals surface area contributed by atoms with Crippen LogP contribution < -0.4 is 4.74 Å². The number of nitrogens with zero attached hydrogens (tertiary/aromatic N) is 4. The number of rotatable bonds is 8. The fourth-order valence-corrected chi connectivity index (χ4v) is 4.49. The largest absolute Gasteiger partial charge is 0.497 e. The first-order valence-electron chi connectivity index (χ1n) is 10.00. The number of aromatic nitrogens is 3. The van der Waals surface area contributed by atoms with Gasteiger partial charge in [-0.1, -0.05) is 23.9 Å². The maximum atomic E-state index is 12.6. The maximum absolute atomic E-state index is 12.6. The second-order valence-electron chi connectivity index (χ2n) is 7.61. The van der Waals surface area contributed by atoms with E-state index < -0.39 is 0 Å². The Kier molecular flexibility index (Phi) is 7.36. The molecule has 6 nitrogen and oxygen atoms in total. The van der Waals surface area contributed by atoms with Gasteiger partial charge in [0.05, 0.1) is 12.9 Å². The molecule has 0 unspecified atom stereocenters. The highest BCUT2D eigenvalue weighted by molar-refractivity contribution is 7.99. The van der Waals surface area contributed by atoms with E-state index >= 15 is 0 Å². The number of amides is 1. The molecule has 1 saturated heterocycles. The Bertz CT molecular complexity index is 752. The highest BCUT2D eigenvalue weighted by Gasteiger charge is 2.23. The average Bonchev–Trinajstić information content (AvgIpc) is 3.20. The van der Waals surface area contributed by atoms with Crippen LogP contribution in [-0.2, 0) is 11.2 Å². The van der Waals surface area contributed by atoms with Crippen molar-refractivity contribution in [3.8, 4) is 5.75 Å². The van der Waals surface area contributed by atoms with Crippen molar-refractivity contribution in [3.63, 3.8) is 0 Å². The summed E-state index contributed by atoms with van der Waals surface area (Å²) in [5, 5.41) is 8.90. The normalized spacial score (nSPS) is 15.2. The van der Waals surface area contributed by atoms with Gasteiger partial charge in [-0.15, -0.1) is 10.2 Å². The summed E-state index contributed by atoms with van der Waals surface area (Å²) in [7, 11) is 1.69. The van der Waals surface area contributed by atoms with E-state index in [1.807, 2.05) is 21.6 Å². The molecule has 28 heavy (non-hydrogen) atoms. The molecule has 0 saturated carbocycles. The van der Waals surface area contributed by atoms with Crippen molar-refractivity contribution in [3.05, 3.63) is 36.2 Å². The molecule has 1 aromatic heterocycles. The lowest BCUT2D eigenvalue weighted by Gasteiger charge is -2.32. The molecule has 1 aliphatic heterocycles. The highest BCUT2D eigenvalue weighted by Crippen LogP contribution is 2.25. The molecule has 1 fully saturated rings. The summed E-state index contributed by atoms with van der Waals surface area (Å²) in [6.07, 6.45) is 6.18. The van der Waals surface area contributed by atoms with Crippen LogP contribution in [0.2, 0.25) is 0 Å². The summed E-state index contributed by atoms with van der Waals surface area (Å²) in [5.74, 6) is 2.24. The highest BCUT2D eigenvalue weighted by atomic mass is 32.2. The molecule has 7 heteroatoms. The molecule has 0 N–H and O–H groups in total. The molecule has 0 aliphatic carbocycles. The first-order chi connectivity index (χ1) is 13.6. The van der Waals surface area contributed by atoms with Crippen molar-refractivity contribution in [2.45, 2.75) is 50.7 Å². The first kappa shape index (κ1) is 20.7. The van der Waals surface area contributed by atoms with E-state index in [1.165, 1.54) is 23.7 Å². The van der Waals surface area contributed by atoms with Crippen molar-refractivity contribution in [2.75, 3.05) is 26.0 Å². The average molecular weight is 403 g/mol. The summed E-state index contributed by atoms with van der Waals surface area (Å²) in [5.41, 5.74) is 1.35. The van der Waals surface area contributed by atoms with Gasteiger partial charge in [0.1, 0.15) is 12.1 Å². The second-order valence-corrected chi connectivity index (χ2v) is 8.56. The Labute approximate surface area is 171 Å². The van der Waals surface area contributed by atoms with E-state index in [0.717, 1.165) is 43.3 Å². The summed E-state index contributed by atoms with van der Waals surface area (Å²) in [4.78, 5) is 14.6. The van der Waals surface area contributed by atoms with E-state index in [0.29, 0.717) is 17.7 Å². The van der Waals surface area contributed by atoms with Crippen LogP contribution >= 0.6 is 11.8 Å². The Hall–Kier alpha value is -2.02. The minimum atomic E-state index is 0.205. The fraction of sp³-hybridized carbons (Fsp3) is 0.571. The van der Waals surface area contributed by atoms with Crippen molar-refractivity contribution < 1.29 is 9.53 Å². The van der Waals surface area contributed by atoms with E-state index in [-0.39, 0.29) is 5.91 Å². The predicted molar refractivity (Wildman–Crippen MR) is 112 cm³/mol. The molecule has 1 aliphatic rings. The summed E-state index contributed by atoms with van der Waals surface area (Å²) in [6.45, 7) is 5.91. The SMILES string of the molecule is COc1ccc(CCC2CCN(C(=O)CSc3nncn3C(C)C)CC2)cc1. The van der Waals surface area contributed by atoms with E-state index in [2.05, 4.69) is 36.2 Å². The van der Waals surface area contributed by atoms with Gasteiger partial charge in [0.2, 0.25) is 5.91 Å². The number of likely N-dealkylation sites (tertiary alicyclic amines) is 1. The van der Waals surface area contributed by atoms with Crippen molar-refractivity contribution >= 4 is 17.7 Å². The zero-order chi connectivity index (χ0) is 19.9. The van der Waals surface area contributed by atoms with E-state index in [1.54, 1.807) is 13.4 Å². The third kappa shape index (κ3) is 5.50. The number of hydrogen-bond acceptors (Lipinski definition) is 5. The zero-order valence-corrected chi connectivity index (χ0v) is 17.8. The molecule has 152 valence electrons. The molecular weight excluding hydrogens is 372 g/mol. The van der Waals surface area contributed by atoms with Gasteiger partial charge in [0.15, 0.2) is 5.16 Å². The van der Waals surface area contributed by atoms with Crippen LogP contribution in [0.25, 0.3) is 0 Å². The number of ether oxygens (including phenoxy) is 1. The summed E-state index contributed by atoms with van der Waals surface area (Å²) in [6, 6.07) is 8.63. The Morgan fingerprint density at radius 2 is 1.96 bits per heavy atom. The lowest BCUT2D eigenvalue weighted by molar-refractivity contribution is -0.129. The van der Waals surface area contributed by atoms with Crippen LogP contribution in [0.1, 0.15) is 44.7 Å². The van der Waals surface area contributed by atoms with Gasteiger partial charge in [-0.05, 0) is 63.1 Å². The summed E-state index contributed by atoms with van der Waals surface area (Å²) < 4.78 is 7.21. The van der Waals surface area contributed by atoms with Crippen LogP contribution in [0.3, 0.4) is 0 Å². The minimum absolute atomic E-state index is 0.205. The standard InChI is InChI=1S/C21H30N4O2S/c1-16(2)25-15-22-23-21(25)28-14-20(26)24-12-10-18(11-13-24)5-4-17-6-8-19(27-3)9-7-17/h6-9,15-16,18H,4-5,10-14H2,1-3H3. The van der Waals surface area contributed by atoms with Gasteiger partial charge >= 0.3 is 0 Å². The molecular formula is C21H30N4O2S. The number of hydrogen-bond donors (Lipinski definition) is 0. The van der Waals surface area contributed by atoms with E-state index in [9.17, 15) is 4.79 Å². The van der Waals surface area contributed by atoms with Crippen molar-refractivity contribution in [1.29, 1.82) is 0 Å². The zero-order valence-electron chi connectivity index (χ0n) is 17.0. The number of piperidine rings is 1. The Morgan fingerprint density at radius 1 is 1.25 bits per heavy atom. The smallest absolute Gasteiger partial charge is 0.233 e. The number of methoxy groups -OCH3 is 1. The quantitative estimate of drug-likeness (QED) is 0.628. The molecule has 1 amide bonds. The number of benzene rings is 1. The predicted octanol–water partition coefficient (Wildman–Crippen LogP) is 3.83. The molecule has 2 aromatic rings. The molecule has 2 heterocycles. The van der Waals surface area contributed by atoms with Crippen molar-refractivity contribution in [2.24, 2.45) is 5.92 Å². The lowest BCUT2D eigenvalue weighted by Crippen LogP contribution is -2.39. The molecule has 0 radical (unpaired) electrons. The van der Waals surface area contributed by atoms with Crippen LogP contribution in [0.15, 0.2) is 35.7 Å². The van der Waals surface area contributed by atoms with Gasteiger partial charge in [0.25, 0.3) is 0 Å². The molecule has 3 rings (SSSR count). The van der Waals surface area contributed by atoms with Gasteiger partial charge in [-0.3, -0.25) is 4.79 Å². The third-order valence-electron chi connectivity index (χ3n) is 5.39. The van der Waals surface area contributed by atoms with Gasteiger partial charge in [-0.2, -0.15) is 0 Å².